The summed E-state index contributed by atoms with van der Waals surface area (Å²) in [5.74, 6) is 1.26. The van der Waals surface area contributed by atoms with Crippen LogP contribution in [0.3, 0.4) is 0 Å². The largest absolute Gasteiger partial charge is 0.497 e. The molecule has 0 bridgehead atoms. The summed E-state index contributed by atoms with van der Waals surface area (Å²) in [4.78, 5) is 16.9. The molecule has 1 saturated heterocycles. The molecule has 1 N–H and O–H groups in total. The second kappa shape index (κ2) is 8.20. The molecule has 1 unspecified atom stereocenters. The molecule has 2 aromatic carbocycles. The normalized spacial score (nSPS) is 16.8. The first-order chi connectivity index (χ1) is 13.0. The molecule has 0 radical (unpaired) electrons. The summed E-state index contributed by atoms with van der Waals surface area (Å²) < 4.78 is 10.6. The van der Waals surface area contributed by atoms with Crippen LogP contribution >= 0.6 is 0 Å². The number of ether oxygens (including phenoxy) is 2. The van der Waals surface area contributed by atoms with E-state index in [-0.39, 0.29) is 12.1 Å². The molecule has 3 rings (SSSR count). The number of piperazine rings is 1. The Morgan fingerprint density at radius 2 is 1.93 bits per heavy atom. The van der Waals surface area contributed by atoms with Crippen molar-refractivity contribution < 1.29 is 14.3 Å². The Kier molecular flexibility index (Phi) is 5.74. The molecule has 2 amide bonds. The number of hydrogen-bond donors (Lipinski definition) is 1. The Hall–Kier alpha value is -2.89. The summed E-state index contributed by atoms with van der Waals surface area (Å²) in [5.41, 5.74) is 3.09. The highest BCUT2D eigenvalue weighted by Gasteiger charge is 2.27. The van der Waals surface area contributed by atoms with Gasteiger partial charge in [-0.15, -0.1) is 0 Å². The highest BCUT2D eigenvalue weighted by atomic mass is 16.5. The smallest absolute Gasteiger partial charge is 0.322 e. The van der Waals surface area contributed by atoms with Crippen molar-refractivity contribution in [2.45, 2.75) is 19.9 Å². The van der Waals surface area contributed by atoms with E-state index in [0.717, 1.165) is 6.54 Å². The van der Waals surface area contributed by atoms with E-state index < -0.39 is 0 Å². The van der Waals surface area contributed by atoms with E-state index >= 15 is 0 Å². The number of nitrogens with zero attached hydrogens (tertiary/aromatic N) is 2. The number of carbonyl (C=O) groups excluding carboxylic acids is 1. The third-order valence-corrected chi connectivity index (χ3v) is 4.90. The van der Waals surface area contributed by atoms with Crippen LogP contribution in [0.5, 0.6) is 11.5 Å². The van der Waals surface area contributed by atoms with Crippen molar-refractivity contribution in [1.82, 2.24) is 4.90 Å². The first-order valence-corrected chi connectivity index (χ1v) is 9.13. The van der Waals surface area contributed by atoms with Crippen molar-refractivity contribution in [3.05, 3.63) is 48.0 Å². The predicted molar refractivity (Wildman–Crippen MR) is 108 cm³/mol. The quantitative estimate of drug-likeness (QED) is 0.892. The lowest BCUT2D eigenvalue weighted by atomic mass is 10.1. The van der Waals surface area contributed by atoms with Gasteiger partial charge in [0.2, 0.25) is 0 Å². The van der Waals surface area contributed by atoms with Gasteiger partial charge in [0, 0.05) is 37.4 Å². The van der Waals surface area contributed by atoms with Crippen molar-refractivity contribution in [2.75, 3.05) is 44.1 Å². The molecule has 0 saturated carbocycles. The van der Waals surface area contributed by atoms with Gasteiger partial charge in [-0.3, -0.25) is 0 Å². The van der Waals surface area contributed by atoms with Gasteiger partial charge in [-0.05, 0) is 43.7 Å². The first-order valence-electron chi connectivity index (χ1n) is 9.13. The number of methoxy groups -OCH3 is 2. The molecule has 1 atom stereocenters. The lowest BCUT2D eigenvalue weighted by Gasteiger charge is -2.41. The fourth-order valence-corrected chi connectivity index (χ4v) is 3.43. The van der Waals surface area contributed by atoms with Crippen LogP contribution in [0.1, 0.15) is 12.5 Å². The average molecular weight is 369 g/mol. The molecule has 0 spiro atoms. The summed E-state index contributed by atoms with van der Waals surface area (Å²) >= 11 is 0. The van der Waals surface area contributed by atoms with E-state index in [1.165, 1.54) is 11.3 Å². The maximum Gasteiger partial charge on any atom is 0.322 e. The van der Waals surface area contributed by atoms with Crippen molar-refractivity contribution in [2.24, 2.45) is 0 Å². The lowest BCUT2D eigenvalue weighted by molar-refractivity contribution is 0.200. The molecule has 144 valence electrons. The third kappa shape index (κ3) is 4.27. The van der Waals surface area contributed by atoms with E-state index in [9.17, 15) is 4.79 Å². The number of carbonyl (C=O) groups is 1. The number of aryl methyl sites for hydroxylation is 1. The van der Waals surface area contributed by atoms with Gasteiger partial charge in [-0.2, -0.15) is 0 Å². The minimum atomic E-state index is -0.116. The van der Waals surface area contributed by atoms with Crippen LogP contribution in [0.25, 0.3) is 0 Å². The van der Waals surface area contributed by atoms with E-state index in [0.29, 0.717) is 30.3 Å². The highest BCUT2D eigenvalue weighted by molar-refractivity contribution is 5.91. The number of hydrogen-bond acceptors (Lipinski definition) is 4. The number of rotatable bonds is 4. The van der Waals surface area contributed by atoms with Crippen LogP contribution in [0.15, 0.2) is 42.5 Å². The van der Waals surface area contributed by atoms with Crippen LogP contribution in [0.2, 0.25) is 0 Å². The molecule has 2 aromatic rings. The van der Waals surface area contributed by atoms with Crippen LogP contribution < -0.4 is 19.7 Å². The number of urea groups is 1. The standard InChI is InChI=1S/C21H27N3O3/c1-15-6-5-7-17(12-15)24-11-10-23(14-16(24)2)21(25)22-19-9-8-18(26-3)13-20(19)27-4/h5-9,12-13,16H,10-11,14H2,1-4H3,(H,22,25). The molecule has 0 aliphatic carbocycles. The van der Waals surface area contributed by atoms with Gasteiger partial charge in [0.15, 0.2) is 0 Å². The minimum Gasteiger partial charge on any atom is -0.497 e. The van der Waals surface area contributed by atoms with Crippen molar-refractivity contribution in [3.63, 3.8) is 0 Å². The fourth-order valence-electron chi connectivity index (χ4n) is 3.43. The minimum absolute atomic E-state index is 0.116. The predicted octanol–water partition coefficient (Wildman–Crippen LogP) is 3.75. The van der Waals surface area contributed by atoms with Crippen LogP contribution in [0.4, 0.5) is 16.2 Å². The maximum absolute atomic E-state index is 12.7. The summed E-state index contributed by atoms with van der Waals surface area (Å²) in [7, 11) is 3.18. The second-order valence-corrected chi connectivity index (χ2v) is 6.82. The Morgan fingerprint density at radius 3 is 2.59 bits per heavy atom. The van der Waals surface area contributed by atoms with E-state index in [4.69, 9.17) is 9.47 Å². The number of nitrogens with one attached hydrogen (secondary N) is 1. The van der Waals surface area contributed by atoms with Crippen LogP contribution in [-0.2, 0) is 0 Å². The SMILES string of the molecule is COc1ccc(NC(=O)N2CCN(c3cccc(C)c3)C(C)C2)c(OC)c1. The third-order valence-electron chi connectivity index (χ3n) is 4.90. The summed E-state index contributed by atoms with van der Waals surface area (Å²) in [6, 6.07) is 14.0. The maximum atomic E-state index is 12.7. The first kappa shape index (κ1) is 18.9. The van der Waals surface area contributed by atoms with Crippen molar-refractivity contribution in [3.8, 4) is 11.5 Å². The second-order valence-electron chi connectivity index (χ2n) is 6.82. The molecule has 1 fully saturated rings. The molecule has 1 aliphatic heterocycles. The number of amides is 2. The van der Waals surface area contributed by atoms with Gasteiger partial charge in [0.05, 0.1) is 19.9 Å². The monoisotopic (exact) mass is 369 g/mol. The molecule has 6 heteroatoms. The van der Waals surface area contributed by atoms with Gasteiger partial charge in [-0.1, -0.05) is 12.1 Å². The topological polar surface area (TPSA) is 54.0 Å². The van der Waals surface area contributed by atoms with Gasteiger partial charge in [0.25, 0.3) is 0 Å². The van der Waals surface area contributed by atoms with E-state index in [2.05, 4.69) is 48.3 Å². The molecular formula is C21H27N3O3. The zero-order chi connectivity index (χ0) is 19.4. The van der Waals surface area contributed by atoms with Gasteiger partial charge < -0.3 is 24.6 Å². The molecular weight excluding hydrogens is 342 g/mol. The fraction of sp³-hybridized carbons (Fsp3) is 0.381. The summed E-state index contributed by atoms with van der Waals surface area (Å²) in [6.07, 6.45) is 0. The van der Waals surface area contributed by atoms with E-state index in [1.54, 1.807) is 32.4 Å². The lowest BCUT2D eigenvalue weighted by Crippen LogP contribution is -2.54. The van der Waals surface area contributed by atoms with Gasteiger partial charge in [-0.25, -0.2) is 4.79 Å². The summed E-state index contributed by atoms with van der Waals surface area (Å²) in [5, 5.41) is 2.95. The Bertz CT molecular complexity index is 809. The average Bonchev–Trinajstić information content (AvgIpc) is 2.68. The Balaban J connectivity index is 1.66. The Labute approximate surface area is 160 Å². The highest BCUT2D eigenvalue weighted by Crippen LogP contribution is 2.29. The summed E-state index contributed by atoms with van der Waals surface area (Å²) in [6.45, 7) is 6.38. The van der Waals surface area contributed by atoms with Crippen LogP contribution in [0, 0.1) is 6.92 Å². The van der Waals surface area contributed by atoms with Crippen molar-refractivity contribution >= 4 is 17.4 Å². The van der Waals surface area contributed by atoms with Gasteiger partial charge in [0.1, 0.15) is 11.5 Å². The van der Waals surface area contributed by atoms with Gasteiger partial charge >= 0.3 is 6.03 Å². The van der Waals surface area contributed by atoms with E-state index in [1.807, 2.05) is 4.90 Å². The van der Waals surface area contributed by atoms with Crippen LogP contribution in [-0.4, -0.2) is 50.8 Å². The zero-order valence-corrected chi connectivity index (χ0v) is 16.4. The molecule has 1 aliphatic rings. The van der Waals surface area contributed by atoms with Crippen molar-refractivity contribution in [1.29, 1.82) is 0 Å². The molecule has 0 aromatic heterocycles. The zero-order valence-electron chi connectivity index (χ0n) is 16.4. The number of anilines is 2. The molecule has 27 heavy (non-hydrogen) atoms. The Morgan fingerprint density at radius 1 is 1.11 bits per heavy atom. The molecule has 6 nitrogen and oxygen atoms in total. The molecule has 1 heterocycles. The number of benzene rings is 2.